The van der Waals surface area contributed by atoms with E-state index in [2.05, 4.69) is 4.90 Å². The molecule has 2 fully saturated rings. The van der Waals surface area contributed by atoms with Gasteiger partial charge in [-0.1, -0.05) is 18.6 Å². The Balaban J connectivity index is 1.62. The maximum atomic E-state index is 12.9. The van der Waals surface area contributed by atoms with Gasteiger partial charge >= 0.3 is 5.97 Å². The lowest BCUT2D eigenvalue weighted by Crippen LogP contribution is -2.48. The topological polar surface area (TPSA) is 136 Å². The largest absolute Gasteiger partial charge is 0.449 e. The van der Waals surface area contributed by atoms with E-state index >= 15 is 0 Å². The maximum Gasteiger partial charge on any atom is 0.338 e. The average molecular weight is 413 g/mol. The standard InChI is InChI=1S/C20H19N3O7/c24-18(13-6-4-11(22(26)27)9-15(13)23(28)29)17-14-7-5-12-10-20(14,30-19(17)25)16-3-1-2-8-21(12)16/h4-7,9,12,16,18,24H,1-3,8,10H2/t12-,16-,18+,20+/m1/s1. The second kappa shape index (κ2) is 6.44. The highest BCUT2D eigenvalue weighted by atomic mass is 16.6. The zero-order chi connectivity index (χ0) is 21.2. The van der Waals surface area contributed by atoms with E-state index in [1.807, 2.05) is 6.08 Å². The lowest BCUT2D eigenvalue weighted by molar-refractivity contribution is -0.394. The fourth-order valence-electron chi connectivity index (χ4n) is 5.49. The van der Waals surface area contributed by atoms with Crippen LogP contribution < -0.4 is 0 Å². The number of nitro benzene ring substituents is 2. The van der Waals surface area contributed by atoms with Gasteiger partial charge in [0.05, 0.1) is 33.1 Å². The molecule has 4 aliphatic rings. The monoisotopic (exact) mass is 413 g/mol. The zero-order valence-corrected chi connectivity index (χ0v) is 15.9. The molecule has 0 amide bonds. The van der Waals surface area contributed by atoms with Crippen LogP contribution in [0.25, 0.3) is 0 Å². The van der Waals surface area contributed by atoms with Crippen molar-refractivity contribution in [2.45, 2.75) is 49.5 Å². The lowest BCUT2D eigenvalue weighted by atomic mass is 9.78. The molecule has 1 N–H and O–H groups in total. The number of benzene rings is 1. The molecule has 2 saturated heterocycles. The second-order valence-corrected chi connectivity index (χ2v) is 8.15. The number of nitro groups is 2. The van der Waals surface area contributed by atoms with Crippen LogP contribution in [0.4, 0.5) is 11.4 Å². The van der Waals surface area contributed by atoms with Crippen molar-refractivity contribution in [1.29, 1.82) is 0 Å². The number of non-ortho nitro benzene ring substituents is 1. The summed E-state index contributed by atoms with van der Waals surface area (Å²) in [5, 5.41) is 33.5. The van der Waals surface area contributed by atoms with Crippen LogP contribution in [0.1, 0.15) is 37.4 Å². The van der Waals surface area contributed by atoms with Gasteiger partial charge in [0, 0.05) is 24.1 Å². The summed E-state index contributed by atoms with van der Waals surface area (Å²) in [5.41, 5.74) is -1.54. The SMILES string of the molecule is O=C1O[C@@]23C[C@@H](C=CC2=C1[C@@H](O)c1ccc([N+](=O)[O-])cc1[N+](=O)[O-])N1CCCC[C@@H]13. The molecule has 4 atom stereocenters. The highest BCUT2D eigenvalue weighted by molar-refractivity contribution is 5.96. The molecular weight excluding hydrogens is 394 g/mol. The Labute approximate surface area is 170 Å². The Morgan fingerprint density at radius 3 is 2.77 bits per heavy atom. The summed E-state index contributed by atoms with van der Waals surface area (Å²) >= 11 is 0. The number of esters is 1. The van der Waals surface area contributed by atoms with Gasteiger partial charge in [-0.2, -0.15) is 0 Å². The fraction of sp³-hybridized carbons (Fsp3) is 0.450. The molecule has 0 aromatic heterocycles. The first-order valence-electron chi connectivity index (χ1n) is 9.86. The van der Waals surface area contributed by atoms with Gasteiger partial charge in [-0.15, -0.1) is 0 Å². The van der Waals surface area contributed by atoms with Gasteiger partial charge in [0.1, 0.15) is 6.10 Å². The third-order valence-corrected chi connectivity index (χ3v) is 6.74. The summed E-state index contributed by atoms with van der Waals surface area (Å²) in [6.45, 7) is 0.915. The molecule has 10 heteroatoms. The van der Waals surface area contributed by atoms with Gasteiger partial charge in [-0.05, 0) is 25.5 Å². The number of aliphatic hydroxyl groups excluding tert-OH is 1. The molecule has 10 nitrogen and oxygen atoms in total. The van der Waals surface area contributed by atoms with Gasteiger partial charge in [0.15, 0.2) is 5.60 Å². The van der Waals surface area contributed by atoms with Crippen molar-refractivity contribution < 1.29 is 24.5 Å². The minimum atomic E-state index is -1.62. The summed E-state index contributed by atoms with van der Waals surface area (Å²) in [5.74, 6) is -0.692. The van der Waals surface area contributed by atoms with E-state index in [1.54, 1.807) is 6.08 Å². The van der Waals surface area contributed by atoms with E-state index in [0.717, 1.165) is 44.0 Å². The molecule has 0 saturated carbocycles. The highest BCUT2D eigenvalue weighted by Gasteiger charge is 2.62. The van der Waals surface area contributed by atoms with E-state index in [4.69, 9.17) is 4.74 Å². The zero-order valence-electron chi connectivity index (χ0n) is 15.9. The first-order valence-corrected chi connectivity index (χ1v) is 9.86. The number of hydrogen-bond donors (Lipinski definition) is 1. The quantitative estimate of drug-likeness (QED) is 0.451. The van der Waals surface area contributed by atoms with Crippen molar-refractivity contribution >= 4 is 17.3 Å². The van der Waals surface area contributed by atoms with Gasteiger partial charge in [0.2, 0.25) is 0 Å². The van der Waals surface area contributed by atoms with E-state index in [0.29, 0.717) is 12.0 Å². The Hall–Kier alpha value is -3.11. The van der Waals surface area contributed by atoms with Crippen LogP contribution >= 0.6 is 0 Å². The molecule has 30 heavy (non-hydrogen) atoms. The summed E-state index contributed by atoms with van der Waals surface area (Å²) in [7, 11) is 0. The van der Waals surface area contributed by atoms with Gasteiger partial charge < -0.3 is 9.84 Å². The van der Waals surface area contributed by atoms with Crippen LogP contribution in [0.15, 0.2) is 41.5 Å². The molecule has 0 unspecified atom stereocenters. The molecule has 1 aromatic carbocycles. The van der Waals surface area contributed by atoms with Crippen molar-refractivity contribution in [3.63, 3.8) is 0 Å². The van der Waals surface area contributed by atoms with Gasteiger partial charge in [-0.25, -0.2) is 4.79 Å². The van der Waals surface area contributed by atoms with E-state index < -0.39 is 38.9 Å². The van der Waals surface area contributed by atoms with Crippen LogP contribution in [-0.4, -0.2) is 50.1 Å². The molecule has 5 rings (SSSR count). The predicted octanol–water partition coefficient (Wildman–Crippen LogP) is 2.33. The number of carbonyl (C=O) groups is 1. The van der Waals surface area contributed by atoms with E-state index in [-0.39, 0.29) is 23.2 Å². The first kappa shape index (κ1) is 18.9. The minimum absolute atomic E-state index is 0.0155. The Kier molecular flexibility index (Phi) is 4.06. The molecule has 3 aliphatic heterocycles. The Morgan fingerprint density at radius 1 is 1.23 bits per heavy atom. The number of fused-ring (bicyclic) bond motifs is 3. The number of carbonyl (C=O) groups excluding carboxylic acids is 1. The number of hydrogen-bond acceptors (Lipinski definition) is 8. The van der Waals surface area contributed by atoms with Crippen molar-refractivity contribution in [2.24, 2.45) is 0 Å². The molecule has 3 heterocycles. The Morgan fingerprint density at radius 2 is 2.03 bits per heavy atom. The van der Waals surface area contributed by atoms with Crippen LogP contribution in [0.3, 0.4) is 0 Å². The molecule has 1 spiro atoms. The molecular formula is C20H19N3O7. The summed E-state index contributed by atoms with van der Waals surface area (Å²) in [6.07, 6.45) is 5.75. The van der Waals surface area contributed by atoms with Crippen molar-refractivity contribution in [1.82, 2.24) is 4.90 Å². The fourth-order valence-corrected chi connectivity index (χ4v) is 5.49. The van der Waals surface area contributed by atoms with Gasteiger partial charge in [-0.3, -0.25) is 25.1 Å². The van der Waals surface area contributed by atoms with E-state index in [9.17, 15) is 30.1 Å². The summed E-state index contributed by atoms with van der Waals surface area (Å²) < 4.78 is 5.89. The number of piperidine rings is 1. The number of aliphatic hydroxyl groups is 1. The van der Waals surface area contributed by atoms with Crippen LogP contribution in [0.2, 0.25) is 0 Å². The second-order valence-electron chi connectivity index (χ2n) is 8.15. The Bertz CT molecular complexity index is 1050. The van der Waals surface area contributed by atoms with Crippen molar-refractivity contribution in [3.8, 4) is 0 Å². The molecule has 0 radical (unpaired) electrons. The van der Waals surface area contributed by atoms with Crippen LogP contribution in [0.5, 0.6) is 0 Å². The maximum absolute atomic E-state index is 12.9. The lowest BCUT2D eigenvalue weighted by Gasteiger charge is -2.37. The average Bonchev–Trinajstić information content (AvgIpc) is 3.17. The predicted molar refractivity (Wildman–Crippen MR) is 102 cm³/mol. The number of ether oxygens (including phenoxy) is 1. The molecule has 156 valence electrons. The normalized spacial score (nSPS) is 30.6. The number of nitrogens with zero attached hydrogens (tertiary/aromatic N) is 3. The summed E-state index contributed by atoms with van der Waals surface area (Å²) in [6, 6.07) is 3.19. The third-order valence-electron chi connectivity index (χ3n) is 6.74. The third kappa shape index (κ3) is 2.47. The van der Waals surface area contributed by atoms with Crippen LogP contribution in [-0.2, 0) is 9.53 Å². The van der Waals surface area contributed by atoms with Crippen molar-refractivity contribution in [2.75, 3.05) is 6.54 Å². The van der Waals surface area contributed by atoms with Crippen LogP contribution in [0, 0.1) is 20.2 Å². The minimum Gasteiger partial charge on any atom is -0.449 e. The van der Waals surface area contributed by atoms with Crippen molar-refractivity contribution in [3.05, 3.63) is 67.3 Å². The first-order chi connectivity index (χ1) is 14.3. The van der Waals surface area contributed by atoms with Gasteiger partial charge in [0.25, 0.3) is 11.4 Å². The van der Waals surface area contributed by atoms with E-state index in [1.165, 1.54) is 0 Å². The molecule has 2 bridgehead atoms. The summed E-state index contributed by atoms with van der Waals surface area (Å²) in [4.78, 5) is 36.2. The molecule has 1 aliphatic carbocycles. The molecule has 1 aromatic rings. The number of rotatable bonds is 4. The smallest absolute Gasteiger partial charge is 0.338 e. The highest BCUT2D eigenvalue weighted by Crippen LogP contribution is 2.54.